The number of carbonyl (C=O) groups excluding carboxylic acids is 2. The highest BCUT2D eigenvalue weighted by atomic mass is 79.9. The van der Waals surface area contributed by atoms with Crippen molar-refractivity contribution in [3.63, 3.8) is 0 Å². The highest BCUT2D eigenvalue weighted by Crippen LogP contribution is 2.48. The number of halogens is 1. The smallest absolute Gasteiger partial charge is 0.336 e. The van der Waals surface area contributed by atoms with E-state index in [4.69, 9.17) is 23.7 Å². The number of carbonyl (C=O) groups is 2. The summed E-state index contributed by atoms with van der Waals surface area (Å²) in [5.41, 5.74) is 4.00. The first-order valence-corrected chi connectivity index (χ1v) is 14.8. The number of para-hydroxylation sites is 1. The van der Waals surface area contributed by atoms with Gasteiger partial charge in [0.25, 0.3) is 0 Å². The molecule has 0 bridgehead atoms. The SMILES string of the molecule is COc1ccc([C@H]2CC(=O)C3=C(C2)NC(C)=C(C(=O)OCCOc2ccccc2)[C@@H]3c2cc(Br)ccc2OC)cc1OC. The summed E-state index contributed by atoms with van der Waals surface area (Å²) < 4.78 is 28.9. The summed E-state index contributed by atoms with van der Waals surface area (Å²) in [5, 5.41) is 3.40. The highest BCUT2D eigenvalue weighted by Gasteiger charge is 2.42. The monoisotopic (exact) mass is 647 g/mol. The predicted molar refractivity (Wildman–Crippen MR) is 166 cm³/mol. The Kier molecular flexibility index (Phi) is 9.40. The van der Waals surface area contributed by atoms with Gasteiger partial charge in [-0.1, -0.05) is 40.2 Å². The zero-order valence-corrected chi connectivity index (χ0v) is 26.2. The largest absolute Gasteiger partial charge is 0.496 e. The number of esters is 1. The van der Waals surface area contributed by atoms with E-state index in [1.54, 1.807) is 21.3 Å². The minimum absolute atomic E-state index is 0.0497. The summed E-state index contributed by atoms with van der Waals surface area (Å²) in [6, 6.07) is 20.7. The molecule has 1 aliphatic heterocycles. The molecule has 0 spiro atoms. The first-order valence-electron chi connectivity index (χ1n) is 14.0. The number of methoxy groups -OCH3 is 3. The first-order chi connectivity index (χ1) is 20.8. The van der Waals surface area contributed by atoms with Crippen molar-refractivity contribution in [2.75, 3.05) is 34.5 Å². The molecule has 2 aliphatic rings. The van der Waals surface area contributed by atoms with Crippen molar-refractivity contribution in [1.29, 1.82) is 0 Å². The molecule has 0 unspecified atom stereocenters. The molecule has 2 atom stereocenters. The molecule has 0 amide bonds. The highest BCUT2D eigenvalue weighted by molar-refractivity contribution is 9.10. The number of hydrogen-bond donors (Lipinski definition) is 1. The standard InChI is InChI=1S/C34H34BrNO7/c1-20-31(34(38)43-15-14-42-24-8-6-5-7-9-24)32(25-19-23(35)11-13-28(25)39-2)33-26(36-20)16-22(17-27(33)37)21-10-12-29(40-3)30(18-21)41-4/h5-13,18-19,22,32,36H,14-17H2,1-4H3/t22-,32+/m1/s1. The van der Waals surface area contributed by atoms with Gasteiger partial charge >= 0.3 is 5.97 Å². The molecule has 0 saturated heterocycles. The lowest BCUT2D eigenvalue weighted by Crippen LogP contribution is -2.36. The second-order valence-electron chi connectivity index (χ2n) is 10.3. The van der Waals surface area contributed by atoms with Gasteiger partial charge in [-0.3, -0.25) is 4.79 Å². The number of nitrogens with one attached hydrogen (secondary N) is 1. The number of benzene rings is 3. The van der Waals surface area contributed by atoms with E-state index in [0.29, 0.717) is 51.8 Å². The summed E-state index contributed by atoms with van der Waals surface area (Å²) in [6.45, 7) is 2.08. The van der Waals surface area contributed by atoms with Gasteiger partial charge in [0, 0.05) is 33.4 Å². The van der Waals surface area contributed by atoms with Crippen LogP contribution < -0.4 is 24.3 Å². The van der Waals surface area contributed by atoms with Crippen molar-refractivity contribution < 1.29 is 33.3 Å². The number of rotatable bonds is 10. The molecule has 1 heterocycles. The zero-order chi connectivity index (χ0) is 30.5. The maximum absolute atomic E-state index is 14.0. The van der Waals surface area contributed by atoms with Crippen LogP contribution in [0, 0.1) is 0 Å². The Hall–Kier alpha value is -4.24. The van der Waals surface area contributed by atoms with Crippen molar-refractivity contribution in [2.24, 2.45) is 0 Å². The minimum Gasteiger partial charge on any atom is -0.496 e. The molecule has 224 valence electrons. The summed E-state index contributed by atoms with van der Waals surface area (Å²) in [4.78, 5) is 27.7. The van der Waals surface area contributed by atoms with Gasteiger partial charge in [-0.15, -0.1) is 0 Å². The van der Waals surface area contributed by atoms with Gasteiger partial charge < -0.3 is 29.0 Å². The molecule has 1 N–H and O–H groups in total. The van der Waals surface area contributed by atoms with Gasteiger partial charge in [0.2, 0.25) is 0 Å². The fraction of sp³-hybridized carbons (Fsp3) is 0.294. The first kappa shape index (κ1) is 30.2. The third-order valence-corrected chi connectivity index (χ3v) is 8.25. The van der Waals surface area contributed by atoms with E-state index in [9.17, 15) is 9.59 Å². The zero-order valence-electron chi connectivity index (χ0n) is 24.6. The molecular formula is C34H34BrNO7. The van der Waals surface area contributed by atoms with Crippen LogP contribution in [0.5, 0.6) is 23.0 Å². The van der Waals surface area contributed by atoms with Gasteiger partial charge in [-0.05, 0) is 67.3 Å². The summed E-state index contributed by atoms with van der Waals surface area (Å²) in [7, 11) is 4.76. The van der Waals surface area contributed by atoms with E-state index in [1.165, 1.54) is 0 Å². The van der Waals surface area contributed by atoms with Gasteiger partial charge in [0.1, 0.15) is 24.7 Å². The van der Waals surface area contributed by atoms with Crippen molar-refractivity contribution in [3.05, 3.63) is 105 Å². The van der Waals surface area contributed by atoms with E-state index in [2.05, 4.69) is 21.2 Å². The molecule has 0 aromatic heterocycles. The van der Waals surface area contributed by atoms with Crippen LogP contribution in [-0.4, -0.2) is 46.3 Å². The molecule has 8 nitrogen and oxygen atoms in total. The maximum atomic E-state index is 14.0. The van der Waals surface area contributed by atoms with Crippen molar-refractivity contribution in [2.45, 2.75) is 31.6 Å². The Morgan fingerprint density at radius 2 is 1.60 bits per heavy atom. The van der Waals surface area contributed by atoms with Crippen LogP contribution in [0.15, 0.2) is 93.7 Å². The molecule has 1 aliphatic carbocycles. The molecule has 0 saturated carbocycles. The van der Waals surface area contributed by atoms with Gasteiger partial charge in [0.05, 0.1) is 32.8 Å². The lowest BCUT2D eigenvalue weighted by molar-refractivity contribution is -0.140. The number of ketones is 1. The predicted octanol–water partition coefficient (Wildman–Crippen LogP) is 6.46. The molecule has 3 aromatic carbocycles. The lowest BCUT2D eigenvalue weighted by Gasteiger charge is -2.37. The number of Topliss-reactive ketones (excluding diaryl/α,β-unsaturated/α-hetero) is 1. The lowest BCUT2D eigenvalue weighted by atomic mass is 9.71. The fourth-order valence-corrected chi connectivity index (χ4v) is 6.16. The van der Waals surface area contributed by atoms with Gasteiger partial charge in [0.15, 0.2) is 17.3 Å². The average molecular weight is 649 g/mol. The second-order valence-corrected chi connectivity index (χ2v) is 11.2. The summed E-state index contributed by atoms with van der Waals surface area (Å²) in [6.07, 6.45) is 0.850. The number of ether oxygens (including phenoxy) is 5. The van der Waals surface area contributed by atoms with E-state index in [1.807, 2.05) is 73.7 Å². The van der Waals surface area contributed by atoms with Crippen molar-refractivity contribution in [3.8, 4) is 23.0 Å². The Morgan fingerprint density at radius 1 is 0.884 bits per heavy atom. The van der Waals surface area contributed by atoms with E-state index in [0.717, 1.165) is 15.7 Å². The van der Waals surface area contributed by atoms with Crippen LogP contribution in [0.4, 0.5) is 0 Å². The molecule has 3 aromatic rings. The van der Waals surface area contributed by atoms with Crippen LogP contribution in [0.2, 0.25) is 0 Å². The maximum Gasteiger partial charge on any atom is 0.336 e. The molecule has 0 radical (unpaired) electrons. The Balaban J connectivity index is 1.47. The van der Waals surface area contributed by atoms with E-state index in [-0.39, 0.29) is 31.3 Å². The molecule has 43 heavy (non-hydrogen) atoms. The summed E-state index contributed by atoms with van der Waals surface area (Å²) in [5.74, 6) is 1.17. The molecular weight excluding hydrogens is 614 g/mol. The Morgan fingerprint density at radius 3 is 2.33 bits per heavy atom. The third-order valence-electron chi connectivity index (χ3n) is 7.76. The molecule has 5 rings (SSSR count). The quantitative estimate of drug-likeness (QED) is 0.198. The van der Waals surface area contributed by atoms with Crippen LogP contribution in [0.1, 0.15) is 42.7 Å². The number of dihydropyridines is 1. The normalized spacial score (nSPS) is 18.0. The molecule has 0 fully saturated rings. The van der Waals surface area contributed by atoms with Crippen LogP contribution in [0.3, 0.4) is 0 Å². The summed E-state index contributed by atoms with van der Waals surface area (Å²) >= 11 is 3.56. The topological polar surface area (TPSA) is 92.3 Å². The third kappa shape index (κ3) is 6.41. The fourth-order valence-electron chi connectivity index (χ4n) is 5.78. The van der Waals surface area contributed by atoms with Crippen LogP contribution in [0.25, 0.3) is 0 Å². The van der Waals surface area contributed by atoms with Gasteiger partial charge in [-0.2, -0.15) is 0 Å². The second kappa shape index (κ2) is 13.4. The van der Waals surface area contributed by atoms with Crippen molar-refractivity contribution in [1.82, 2.24) is 5.32 Å². The number of hydrogen-bond acceptors (Lipinski definition) is 8. The van der Waals surface area contributed by atoms with Crippen LogP contribution in [-0.2, 0) is 14.3 Å². The van der Waals surface area contributed by atoms with Crippen LogP contribution >= 0.6 is 15.9 Å². The van der Waals surface area contributed by atoms with E-state index >= 15 is 0 Å². The average Bonchev–Trinajstić information content (AvgIpc) is 3.02. The minimum atomic E-state index is -0.676. The van der Waals surface area contributed by atoms with Gasteiger partial charge in [-0.25, -0.2) is 4.79 Å². The Bertz CT molecular complexity index is 1580. The van der Waals surface area contributed by atoms with E-state index < -0.39 is 11.9 Å². The number of allylic oxidation sites excluding steroid dienone is 3. The molecule has 9 heteroatoms. The Labute approximate surface area is 259 Å². The van der Waals surface area contributed by atoms with Crippen molar-refractivity contribution >= 4 is 27.7 Å².